The largest absolute Gasteiger partial charge is 0.507 e. The van der Waals surface area contributed by atoms with Gasteiger partial charge in [-0.3, -0.25) is 14.5 Å². The third kappa shape index (κ3) is 3.99. The maximum absolute atomic E-state index is 12.4. The number of nitrogens with zero attached hydrogens (tertiary/aromatic N) is 4. The molecule has 8 heteroatoms. The number of imidazole rings is 1. The predicted octanol–water partition coefficient (Wildman–Crippen LogP) is 2.20. The van der Waals surface area contributed by atoms with Crippen molar-refractivity contribution in [1.29, 1.82) is 0 Å². The normalized spacial score (nSPS) is 14.8. The number of aromatic nitrogens is 2. The van der Waals surface area contributed by atoms with Gasteiger partial charge in [0.15, 0.2) is 0 Å². The Morgan fingerprint density at radius 3 is 2.53 bits per heavy atom. The van der Waals surface area contributed by atoms with Gasteiger partial charge in [-0.1, -0.05) is 12.1 Å². The third-order valence-corrected chi connectivity index (χ3v) is 5.56. The van der Waals surface area contributed by atoms with Gasteiger partial charge in [0.05, 0.1) is 23.1 Å². The molecule has 0 aliphatic carbocycles. The lowest BCUT2D eigenvalue weighted by Crippen LogP contribution is -2.47. The summed E-state index contributed by atoms with van der Waals surface area (Å²) in [6, 6.07) is 12.0. The fourth-order valence-corrected chi connectivity index (χ4v) is 3.75. The SMILES string of the molecule is CC(=O)N1CCN(Cc2nc3cc(NC(=O)c4ccccc4O)ccc3n2C)CC1. The van der Waals surface area contributed by atoms with Crippen LogP contribution in [-0.2, 0) is 18.4 Å². The van der Waals surface area contributed by atoms with Gasteiger partial charge in [-0.05, 0) is 30.3 Å². The molecule has 1 aliphatic rings. The van der Waals surface area contributed by atoms with E-state index in [0.29, 0.717) is 12.2 Å². The number of carbonyl (C=O) groups is 2. The second-order valence-corrected chi connectivity index (χ2v) is 7.54. The zero-order chi connectivity index (χ0) is 21.3. The van der Waals surface area contributed by atoms with Crippen molar-refractivity contribution in [3.63, 3.8) is 0 Å². The molecule has 0 unspecified atom stereocenters. The fraction of sp³-hybridized carbons (Fsp3) is 0.318. The van der Waals surface area contributed by atoms with Crippen molar-refractivity contribution in [1.82, 2.24) is 19.4 Å². The van der Waals surface area contributed by atoms with Crippen LogP contribution in [0, 0.1) is 0 Å². The molecule has 0 saturated carbocycles. The average Bonchev–Trinajstić information content (AvgIpc) is 3.03. The van der Waals surface area contributed by atoms with Crippen LogP contribution in [-0.4, -0.2) is 62.5 Å². The van der Waals surface area contributed by atoms with Gasteiger partial charge in [0.25, 0.3) is 5.91 Å². The molecule has 3 aromatic rings. The lowest BCUT2D eigenvalue weighted by atomic mass is 10.2. The molecule has 1 fully saturated rings. The zero-order valence-electron chi connectivity index (χ0n) is 17.1. The Balaban J connectivity index is 1.48. The summed E-state index contributed by atoms with van der Waals surface area (Å²) in [6.07, 6.45) is 0. The summed E-state index contributed by atoms with van der Waals surface area (Å²) in [4.78, 5) is 32.9. The standard InChI is InChI=1S/C22H25N5O3/c1-15(28)27-11-9-26(10-12-27)14-21-24-18-13-16(7-8-19(18)25(21)2)23-22(30)17-5-3-4-6-20(17)29/h3-8,13,29H,9-12,14H2,1-2H3,(H,23,30). The number of aromatic hydroxyl groups is 1. The smallest absolute Gasteiger partial charge is 0.259 e. The maximum Gasteiger partial charge on any atom is 0.259 e. The van der Waals surface area contributed by atoms with Crippen molar-refractivity contribution in [2.24, 2.45) is 7.05 Å². The molecule has 8 nitrogen and oxygen atoms in total. The fourth-order valence-electron chi connectivity index (χ4n) is 3.75. The molecule has 0 spiro atoms. The van der Waals surface area contributed by atoms with Crippen LogP contribution in [0.1, 0.15) is 23.1 Å². The van der Waals surface area contributed by atoms with E-state index >= 15 is 0 Å². The molecule has 0 atom stereocenters. The molecular weight excluding hydrogens is 382 g/mol. The first-order chi connectivity index (χ1) is 14.4. The van der Waals surface area contributed by atoms with E-state index in [4.69, 9.17) is 4.98 Å². The molecule has 2 amide bonds. The highest BCUT2D eigenvalue weighted by molar-refractivity contribution is 6.06. The number of anilines is 1. The second-order valence-electron chi connectivity index (χ2n) is 7.54. The minimum atomic E-state index is -0.369. The van der Waals surface area contributed by atoms with E-state index in [1.807, 2.05) is 30.1 Å². The summed E-state index contributed by atoms with van der Waals surface area (Å²) >= 11 is 0. The topological polar surface area (TPSA) is 90.7 Å². The molecular formula is C22H25N5O3. The molecule has 2 N–H and O–H groups in total. The molecule has 1 aromatic heterocycles. The van der Waals surface area contributed by atoms with Crippen LogP contribution in [0.4, 0.5) is 5.69 Å². The van der Waals surface area contributed by atoms with Crippen molar-refractivity contribution in [3.05, 3.63) is 53.9 Å². The number of hydrogen-bond donors (Lipinski definition) is 2. The van der Waals surface area contributed by atoms with E-state index in [0.717, 1.165) is 43.0 Å². The van der Waals surface area contributed by atoms with E-state index < -0.39 is 0 Å². The first-order valence-electron chi connectivity index (χ1n) is 9.95. The molecule has 1 saturated heterocycles. The number of phenols is 1. The van der Waals surface area contributed by atoms with Gasteiger partial charge in [0.1, 0.15) is 11.6 Å². The number of carbonyl (C=O) groups excluding carboxylic acids is 2. The van der Waals surface area contributed by atoms with Crippen molar-refractivity contribution < 1.29 is 14.7 Å². The van der Waals surface area contributed by atoms with E-state index in [1.54, 1.807) is 25.1 Å². The lowest BCUT2D eigenvalue weighted by molar-refractivity contribution is -0.130. The Labute approximate surface area is 174 Å². The molecule has 2 heterocycles. The van der Waals surface area contributed by atoms with Crippen molar-refractivity contribution in [2.75, 3.05) is 31.5 Å². The lowest BCUT2D eigenvalue weighted by Gasteiger charge is -2.33. The number of para-hydroxylation sites is 1. The summed E-state index contributed by atoms with van der Waals surface area (Å²) < 4.78 is 2.06. The van der Waals surface area contributed by atoms with E-state index in [2.05, 4.69) is 14.8 Å². The first kappa shape index (κ1) is 19.9. The Bertz CT molecular complexity index is 1100. The monoisotopic (exact) mass is 407 g/mol. The molecule has 0 bridgehead atoms. The van der Waals surface area contributed by atoms with Crippen molar-refractivity contribution >= 4 is 28.5 Å². The molecule has 30 heavy (non-hydrogen) atoms. The number of amides is 2. The summed E-state index contributed by atoms with van der Waals surface area (Å²) in [6.45, 7) is 5.44. The van der Waals surface area contributed by atoms with Crippen molar-refractivity contribution in [3.8, 4) is 5.75 Å². The van der Waals surface area contributed by atoms with E-state index in [9.17, 15) is 14.7 Å². The number of piperazine rings is 1. The van der Waals surface area contributed by atoms with Gasteiger partial charge in [0, 0.05) is 45.8 Å². The van der Waals surface area contributed by atoms with Crippen LogP contribution in [0.5, 0.6) is 5.75 Å². The minimum absolute atomic E-state index is 0.0546. The first-order valence-corrected chi connectivity index (χ1v) is 9.95. The number of nitrogens with one attached hydrogen (secondary N) is 1. The highest BCUT2D eigenvalue weighted by atomic mass is 16.3. The Morgan fingerprint density at radius 1 is 1.10 bits per heavy atom. The number of phenolic OH excluding ortho intramolecular Hbond substituents is 1. The molecule has 2 aromatic carbocycles. The maximum atomic E-state index is 12.4. The van der Waals surface area contributed by atoms with Crippen LogP contribution in [0.25, 0.3) is 11.0 Å². The van der Waals surface area contributed by atoms with Crippen LogP contribution in [0.2, 0.25) is 0 Å². The predicted molar refractivity (Wildman–Crippen MR) is 114 cm³/mol. The number of rotatable bonds is 4. The van der Waals surface area contributed by atoms with Gasteiger partial charge in [0.2, 0.25) is 5.91 Å². The van der Waals surface area contributed by atoms with Gasteiger partial charge in [-0.15, -0.1) is 0 Å². The quantitative estimate of drug-likeness (QED) is 0.692. The molecule has 156 valence electrons. The molecule has 4 rings (SSSR count). The van der Waals surface area contributed by atoms with Crippen LogP contribution >= 0.6 is 0 Å². The van der Waals surface area contributed by atoms with Crippen LogP contribution < -0.4 is 5.32 Å². The summed E-state index contributed by atoms with van der Waals surface area (Å²) in [5.74, 6) is 0.634. The number of hydrogen-bond acceptors (Lipinski definition) is 5. The van der Waals surface area contributed by atoms with Crippen LogP contribution in [0.15, 0.2) is 42.5 Å². The van der Waals surface area contributed by atoms with Crippen molar-refractivity contribution in [2.45, 2.75) is 13.5 Å². The second kappa shape index (κ2) is 8.16. The van der Waals surface area contributed by atoms with Gasteiger partial charge < -0.3 is 19.9 Å². The zero-order valence-corrected chi connectivity index (χ0v) is 17.1. The van der Waals surface area contributed by atoms with Gasteiger partial charge >= 0.3 is 0 Å². The summed E-state index contributed by atoms with van der Waals surface area (Å²) in [5.41, 5.74) is 2.62. The number of aryl methyl sites for hydroxylation is 1. The average molecular weight is 407 g/mol. The minimum Gasteiger partial charge on any atom is -0.507 e. The Kier molecular flexibility index (Phi) is 5.41. The van der Waals surface area contributed by atoms with Gasteiger partial charge in [-0.25, -0.2) is 4.98 Å². The summed E-state index contributed by atoms with van der Waals surface area (Å²) in [5, 5.41) is 12.7. The molecule has 0 radical (unpaired) electrons. The number of benzene rings is 2. The highest BCUT2D eigenvalue weighted by Crippen LogP contribution is 2.23. The van der Waals surface area contributed by atoms with Crippen LogP contribution in [0.3, 0.4) is 0 Å². The Morgan fingerprint density at radius 2 is 1.83 bits per heavy atom. The van der Waals surface area contributed by atoms with Gasteiger partial charge in [-0.2, -0.15) is 0 Å². The van der Waals surface area contributed by atoms with E-state index in [1.165, 1.54) is 6.07 Å². The number of fused-ring (bicyclic) bond motifs is 1. The highest BCUT2D eigenvalue weighted by Gasteiger charge is 2.20. The Hall–Kier alpha value is -3.39. The summed E-state index contributed by atoms with van der Waals surface area (Å²) in [7, 11) is 1.98. The third-order valence-electron chi connectivity index (χ3n) is 5.56. The van der Waals surface area contributed by atoms with E-state index in [-0.39, 0.29) is 23.1 Å². The molecule has 1 aliphatic heterocycles.